The predicted molar refractivity (Wildman–Crippen MR) is 117 cm³/mol. The number of benzene rings is 2. The van der Waals surface area contributed by atoms with Gasteiger partial charge in [-0.3, -0.25) is 5.32 Å². The van der Waals surface area contributed by atoms with Crippen molar-refractivity contribution in [1.82, 2.24) is 5.32 Å². The summed E-state index contributed by atoms with van der Waals surface area (Å²) in [5.41, 5.74) is 2.23. The second-order valence-corrected chi connectivity index (χ2v) is 7.80. The van der Waals surface area contributed by atoms with Crippen molar-refractivity contribution in [2.75, 3.05) is 19.8 Å². The molecule has 0 amide bonds. The molecule has 30 heavy (non-hydrogen) atoms. The van der Waals surface area contributed by atoms with Gasteiger partial charge in [0.05, 0.1) is 32.0 Å². The van der Waals surface area contributed by atoms with Crippen LogP contribution >= 0.6 is 0 Å². The zero-order valence-corrected chi connectivity index (χ0v) is 17.9. The lowest BCUT2D eigenvalue weighted by Crippen LogP contribution is -2.43. The van der Waals surface area contributed by atoms with Crippen LogP contribution in [-0.4, -0.2) is 59.6 Å². The van der Waals surface area contributed by atoms with Gasteiger partial charge in [0.1, 0.15) is 12.0 Å². The van der Waals surface area contributed by atoms with E-state index in [1.165, 1.54) is 5.56 Å². The maximum atomic E-state index is 10.5. The molecule has 0 aliphatic heterocycles. The van der Waals surface area contributed by atoms with Crippen molar-refractivity contribution in [2.45, 2.75) is 57.6 Å². The first-order chi connectivity index (χ1) is 14.4. The first kappa shape index (κ1) is 24.3. The molecular formula is C24H35NO5. The predicted octanol–water partition coefficient (Wildman–Crippen LogP) is 2.65. The van der Waals surface area contributed by atoms with E-state index in [-0.39, 0.29) is 24.5 Å². The summed E-state index contributed by atoms with van der Waals surface area (Å²) in [5, 5.41) is 32.6. The largest absolute Gasteiger partial charge is 0.508 e. The molecule has 166 valence electrons. The van der Waals surface area contributed by atoms with E-state index in [1.54, 1.807) is 19.1 Å². The molecule has 4 N–H and O–H groups in total. The van der Waals surface area contributed by atoms with Crippen molar-refractivity contribution < 1.29 is 24.8 Å². The van der Waals surface area contributed by atoms with E-state index < -0.39 is 12.3 Å². The molecule has 0 fully saturated rings. The van der Waals surface area contributed by atoms with E-state index in [2.05, 4.69) is 17.4 Å². The molecule has 6 heteroatoms. The summed E-state index contributed by atoms with van der Waals surface area (Å²) in [6.07, 6.45) is 0.759. The molecule has 6 nitrogen and oxygen atoms in total. The second-order valence-electron chi connectivity index (χ2n) is 7.80. The molecule has 0 heterocycles. The van der Waals surface area contributed by atoms with Crippen LogP contribution in [-0.2, 0) is 22.3 Å². The Morgan fingerprint density at radius 2 is 1.57 bits per heavy atom. The average Bonchev–Trinajstić information content (AvgIpc) is 2.73. The maximum absolute atomic E-state index is 10.5. The van der Waals surface area contributed by atoms with E-state index >= 15 is 0 Å². The van der Waals surface area contributed by atoms with Gasteiger partial charge in [-0.05, 0) is 56.4 Å². The molecule has 0 aromatic heterocycles. The molecule has 4 atom stereocenters. The molecule has 0 spiro atoms. The molecule has 0 bridgehead atoms. The highest BCUT2D eigenvalue weighted by atomic mass is 16.5. The summed E-state index contributed by atoms with van der Waals surface area (Å²) in [7, 11) is 0. The minimum atomic E-state index is -0.653. The first-order valence-electron chi connectivity index (χ1n) is 10.6. The van der Waals surface area contributed by atoms with Crippen molar-refractivity contribution >= 4 is 0 Å². The molecule has 2 aromatic carbocycles. The van der Waals surface area contributed by atoms with Crippen molar-refractivity contribution in [1.29, 1.82) is 0 Å². The van der Waals surface area contributed by atoms with Crippen molar-refractivity contribution in [2.24, 2.45) is 0 Å². The quantitative estimate of drug-likeness (QED) is 0.353. The number of aliphatic hydroxyl groups excluding tert-OH is 2. The van der Waals surface area contributed by atoms with Crippen molar-refractivity contribution in [3.05, 3.63) is 65.7 Å². The molecule has 2 rings (SSSR count). The number of nitrogens with one attached hydrogen (secondary N) is 1. The Morgan fingerprint density at radius 1 is 0.867 bits per heavy atom. The van der Waals surface area contributed by atoms with Crippen molar-refractivity contribution in [3.63, 3.8) is 0 Å². The summed E-state index contributed by atoms with van der Waals surface area (Å²) in [5.74, 6) is 0.228. The number of aryl methyl sites for hydroxylation is 1. The fourth-order valence-corrected chi connectivity index (χ4v) is 3.11. The first-order valence-corrected chi connectivity index (χ1v) is 10.6. The smallest absolute Gasteiger partial charge is 0.115 e. The molecule has 0 radical (unpaired) electrons. The Kier molecular flexibility index (Phi) is 10.8. The Balaban J connectivity index is 1.85. The number of hydrogen-bond acceptors (Lipinski definition) is 6. The van der Waals surface area contributed by atoms with Crippen LogP contribution in [0.15, 0.2) is 54.6 Å². The highest BCUT2D eigenvalue weighted by Crippen LogP contribution is 2.12. The van der Waals surface area contributed by atoms with Gasteiger partial charge in [0.25, 0.3) is 0 Å². The monoisotopic (exact) mass is 417 g/mol. The Hall–Kier alpha value is -1.96. The van der Waals surface area contributed by atoms with Crippen LogP contribution in [0.4, 0.5) is 0 Å². The van der Waals surface area contributed by atoms with E-state index in [1.807, 2.05) is 37.3 Å². The number of ether oxygens (including phenoxy) is 2. The second kappa shape index (κ2) is 13.4. The number of phenols is 1. The maximum Gasteiger partial charge on any atom is 0.115 e. The van der Waals surface area contributed by atoms with Crippen LogP contribution in [0.25, 0.3) is 0 Å². The lowest BCUT2D eigenvalue weighted by atomic mass is 10.0. The van der Waals surface area contributed by atoms with Gasteiger partial charge in [0.15, 0.2) is 0 Å². The lowest BCUT2D eigenvalue weighted by Gasteiger charge is -2.24. The number of aliphatic hydroxyl groups is 2. The highest BCUT2D eigenvalue weighted by molar-refractivity contribution is 5.26. The average molecular weight is 418 g/mol. The van der Waals surface area contributed by atoms with Gasteiger partial charge in [0, 0.05) is 6.04 Å². The molecule has 2 unspecified atom stereocenters. The van der Waals surface area contributed by atoms with Crippen LogP contribution in [0.1, 0.15) is 31.4 Å². The number of hydrogen-bond donors (Lipinski definition) is 4. The van der Waals surface area contributed by atoms with E-state index in [4.69, 9.17) is 9.47 Å². The fourth-order valence-electron chi connectivity index (χ4n) is 3.11. The van der Waals surface area contributed by atoms with Gasteiger partial charge in [-0.15, -0.1) is 0 Å². The molecule has 0 saturated carbocycles. The SMILES string of the molecule is CC(COC[C@H](Cc1ccc(O)cc1)NC(O)CCc1ccccc1)OC[C@H](C)O. The summed E-state index contributed by atoms with van der Waals surface area (Å²) >= 11 is 0. The van der Waals surface area contributed by atoms with Gasteiger partial charge in [-0.25, -0.2) is 0 Å². The molecule has 0 saturated heterocycles. The van der Waals surface area contributed by atoms with Gasteiger partial charge in [0.2, 0.25) is 0 Å². The Bertz CT molecular complexity index is 693. The molecule has 0 aliphatic rings. The molecule has 0 aliphatic carbocycles. The zero-order valence-electron chi connectivity index (χ0n) is 17.9. The highest BCUT2D eigenvalue weighted by Gasteiger charge is 2.16. The third kappa shape index (κ3) is 10.2. The standard InChI is InChI=1S/C24H35NO5/c1-18(26)15-30-19(2)16-29-17-22(14-21-8-11-23(27)12-9-21)25-24(28)13-10-20-6-4-3-5-7-20/h3-9,11-12,18-19,22,24-28H,10,13-17H2,1-2H3/t18-,19?,22-,24?/m0/s1. The van der Waals surface area contributed by atoms with E-state index in [0.29, 0.717) is 26.1 Å². The van der Waals surface area contributed by atoms with Crippen LogP contribution in [0, 0.1) is 0 Å². The summed E-state index contributed by atoms with van der Waals surface area (Å²) < 4.78 is 11.3. The lowest BCUT2D eigenvalue weighted by molar-refractivity contribution is -0.0418. The summed E-state index contributed by atoms with van der Waals surface area (Å²) in [4.78, 5) is 0. The van der Waals surface area contributed by atoms with Crippen LogP contribution in [0.5, 0.6) is 5.75 Å². The van der Waals surface area contributed by atoms with Crippen LogP contribution in [0.2, 0.25) is 0 Å². The summed E-state index contributed by atoms with van der Waals surface area (Å²) in [6, 6.07) is 17.0. The zero-order chi connectivity index (χ0) is 21.8. The normalized spacial score (nSPS) is 15.5. The fraction of sp³-hybridized carbons (Fsp3) is 0.500. The molecule has 2 aromatic rings. The minimum Gasteiger partial charge on any atom is -0.508 e. The van der Waals surface area contributed by atoms with Crippen molar-refractivity contribution in [3.8, 4) is 5.75 Å². The third-order valence-electron chi connectivity index (χ3n) is 4.69. The number of phenolic OH excluding ortho intramolecular Hbond substituents is 1. The molecular weight excluding hydrogens is 382 g/mol. The topological polar surface area (TPSA) is 91.2 Å². The number of aromatic hydroxyl groups is 1. The van der Waals surface area contributed by atoms with Gasteiger partial charge < -0.3 is 24.8 Å². The van der Waals surface area contributed by atoms with Crippen LogP contribution < -0.4 is 5.32 Å². The number of rotatable bonds is 14. The van der Waals surface area contributed by atoms with E-state index in [9.17, 15) is 15.3 Å². The minimum absolute atomic E-state index is 0.0933. The van der Waals surface area contributed by atoms with Gasteiger partial charge in [-0.1, -0.05) is 42.5 Å². The summed E-state index contributed by atoms with van der Waals surface area (Å²) in [6.45, 7) is 4.67. The Morgan fingerprint density at radius 3 is 2.23 bits per heavy atom. The van der Waals surface area contributed by atoms with E-state index in [0.717, 1.165) is 12.0 Å². The van der Waals surface area contributed by atoms with Gasteiger partial charge >= 0.3 is 0 Å². The van der Waals surface area contributed by atoms with Crippen LogP contribution in [0.3, 0.4) is 0 Å². The van der Waals surface area contributed by atoms with Gasteiger partial charge in [-0.2, -0.15) is 0 Å². The Labute approximate surface area is 179 Å². The third-order valence-corrected chi connectivity index (χ3v) is 4.69.